The molecule has 4 rings (SSSR count). The third-order valence-corrected chi connectivity index (χ3v) is 5.31. The predicted molar refractivity (Wildman–Crippen MR) is 105 cm³/mol. The molecule has 1 aliphatic rings. The number of carbonyl (C=O) groups excluding carboxylic acids is 1. The number of hydrogen-bond donors (Lipinski definition) is 0. The van der Waals surface area contributed by atoms with Crippen molar-refractivity contribution in [2.45, 2.75) is 19.1 Å². The first-order chi connectivity index (χ1) is 14.6. The van der Waals surface area contributed by atoms with Crippen LogP contribution in [0.2, 0.25) is 0 Å². The molecule has 1 aliphatic heterocycles. The lowest BCUT2D eigenvalue weighted by Crippen LogP contribution is -2.52. The number of fused-ring (bicyclic) bond motifs is 1. The van der Waals surface area contributed by atoms with Crippen molar-refractivity contribution in [2.24, 2.45) is 4.99 Å². The molecule has 0 unspecified atom stereocenters. The molecule has 6 nitrogen and oxygen atoms in total. The van der Waals surface area contributed by atoms with Gasteiger partial charge in [0.05, 0.1) is 5.69 Å². The van der Waals surface area contributed by atoms with E-state index in [1.54, 1.807) is 44.4 Å². The van der Waals surface area contributed by atoms with E-state index in [0.717, 1.165) is 17.0 Å². The first-order valence-corrected chi connectivity index (χ1v) is 9.74. The zero-order chi connectivity index (χ0) is 22.4. The molecule has 0 aliphatic carbocycles. The molecule has 0 bridgehead atoms. The van der Waals surface area contributed by atoms with Gasteiger partial charge in [0.2, 0.25) is 0 Å². The van der Waals surface area contributed by atoms with Gasteiger partial charge in [0.25, 0.3) is 0 Å². The maximum absolute atomic E-state index is 13.5. The van der Waals surface area contributed by atoms with Gasteiger partial charge in [0.1, 0.15) is 0 Å². The van der Waals surface area contributed by atoms with Gasteiger partial charge in [0.15, 0.2) is 16.3 Å². The summed E-state index contributed by atoms with van der Waals surface area (Å²) in [5.41, 5.74) is 0.917. The van der Waals surface area contributed by atoms with Gasteiger partial charge in [-0.15, -0.1) is 11.3 Å². The van der Waals surface area contributed by atoms with E-state index in [0.29, 0.717) is 5.69 Å². The van der Waals surface area contributed by atoms with Gasteiger partial charge in [-0.3, -0.25) is 9.47 Å². The van der Waals surface area contributed by atoms with Crippen LogP contribution in [0.1, 0.15) is 4.88 Å². The molecule has 0 fully saturated rings. The van der Waals surface area contributed by atoms with Gasteiger partial charge in [-0.25, -0.2) is 4.79 Å². The number of thiazole rings is 1. The van der Waals surface area contributed by atoms with E-state index in [1.165, 1.54) is 26.9 Å². The Labute approximate surface area is 177 Å². The first kappa shape index (κ1) is 20.9. The molecule has 0 N–H and O–H groups in total. The van der Waals surface area contributed by atoms with Crippen molar-refractivity contribution in [3.05, 3.63) is 64.4 Å². The summed E-state index contributed by atoms with van der Waals surface area (Å²) >= 11 is 1.20. The molecular weight excluding hydrogens is 438 g/mol. The molecule has 0 saturated heterocycles. The normalized spacial score (nSPS) is 16.8. The Hall–Kier alpha value is -3.34. The van der Waals surface area contributed by atoms with Gasteiger partial charge >= 0.3 is 18.2 Å². The monoisotopic (exact) mass is 453 g/mol. The third kappa shape index (κ3) is 3.88. The number of rotatable bonds is 2. The standard InChI is InChI=1S/C20H15F4N3O3S/c1-12-11-27(18(31-12)25-17(28)26(2)13-6-4-3-5-7-13)14-8-9-15-16(10-14)30-20(23,24)19(21,22)29-15/h3-11H,1-2H3. The van der Waals surface area contributed by atoms with Crippen LogP contribution in [0.15, 0.2) is 59.7 Å². The summed E-state index contributed by atoms with van der Waals surface area (Å²) in [5, 5.41) is 0. The summed E-state index contributed by atoms with van der Waals surface area (Å²) in [7, 11) is 1.57. The van der Waals surface area contributed by atoms with Crippen LogP contribution in [0.3, 0.4) is 0 Å². The molecule has 2 amide bonds. The van der Waals surface area contributed by atoms with Gasteiger partial charge in [-0.2, -0.15) is 22.6 Å². The van der Waals surface area contributed by atoms with Gasteiger partial charge in [-0.05, 0) is 31.2 Å². The highest BCUT2D eigenvalue weighted by Crippen LogP contribution is 2.47. The fourth-order valence-electron chi connectivity index (χ4n) is 2.84. The zero-order valence-electron chi connectivity index (χ0n) is 16.2. The highest BCUT2D eigenvalue weighted by atomic mass is 32.1. The largest absolute Gasteiger partial charge is 0.507 e. The van der Waals surface area contributed by atoms with E-state index in [-0.39, 0.29) is 10.5 Å². The number of aromatic nitrogens is 1. The maximum Gasteiger partial charge on any atom is 0.507 e. The van der Waals surface area contributed by atoms with Crippen molar-refractivity contribution in [3.63, 3.8) is 0 Å². The average molecular weight is 453 g/mol. The topological polar surface area (TPSA) is 56.1 Å². The number of para-hydroxylation sites is 1. The zero-order valence-corrected chi connectivity index (χ0v) is 17.0. The van der Waals surface area contributed by atoms with Crippen LogP contribution in [-0.4, -0.2) is 29.9 Å². The van der Waals surface area contributed by atoms with E-state index in [4.69, 9.17) is 0 Å². The molecule has 2 heterocycles. The number of hydrogen-bond acceptors (Lipinski definition) is 4. The highest BCUT2D eigenvalue weighted by molar-refractivity contribution is 7.09. The molecule has 0 atom stereocenters. The molecule has 1 aromatic heterocycles. The van der Waals surface area contributed by atoms with Crippen molar-refractivity contribution < 1.29 is 31.8 Å². The molecule has 0 spiro atoms. The lowest BCUT2D eigenvalue weighted by atomic mass is 10.2. The Bertz CT molecular complexity index is 1210. The summed E-state index contributed by atoms with van der Waals surface area (Å²) < 4.78 is 63.5. The summed E-state index contributed by atoms with van der Waals surface area (Å²) in [6, 6.07) is 11.9. The van der Waals surface area contributed by atoms with Crippen LogP contribution >= 0.6 is 11.3 Å². The van der Waals surface area contributed by atoms with E-state index >= 15 is 0 Å². The van der Waals surface area contributed by atoms with E-state index < -0.39 is 29.7 Å². The minimum atomic E-state index is -4.82. The first-order valence-electron chi connectivity index (χ1n) is 8.92. The Kier molecular flexibility index (Phi) is 5.00. The number of nitrogens with zero attached hydrogens (tertiary/aromatic N) is 3. The maximum atomic E-state index is 13.5. The number of halogens is 4. The number of carbonyl (C=O) groups is 1. The highest BCUT2D eigenvalue weighted by Gasteiger charge is 2.65. The Morgan fingerprint density at radius 1 is 1.03 bits per heavy atom. The summed E-state index contributed by atoms with van der Waals surface area (Å²) in [6.07, 6.45) is -7.98. The van der Waals surface area contributed by atoms with Gasteiger partial charge in [0, 0.05) is 29.9 Å². The van der Waals surface area contributed by atoms with Crippen LogP contribution in [0.4, 0.5) is 28.0 Å². The Morgan fingerprint density at radius 3 is 2.35 bits per heavy atom. The van der Waals surface area contributed by atoms with Crippen LogP contribution in [-0.2, 0) is 0 Å². The van der Waals surface area contributed by atoms with Crippen molar-refractivity contribution in [3.8, 4) is 17.2 Å². The van der Waals surface area contributed by atoms with Crippen LogP contribution in [0, 0.1) is 6.92 Å². The molecule has 31 heavy (non-hydrogen) atoms. The fraction of sp³-hybridized carbons (Fsp3) is 0.200. The van der Waals surface area contributed by atoms with Crippen molar-refractivity contribution in [1.29, 1.82) is 0 Å². The molecule has 0 saturated carbocycles. The molecule has 162 valence electrons. The van der Waals surface area contributed by atoms with Crippen LogP contribution in [0.25, 0.3) is 5.69 Å². The minimum absolute atomic E-state index is 0.263. The average Bonchev–Trinajstić information content (AvgIpc) is 3.08. The van der Waals surface area contributed by atoms with Gasteiger partial charge in [-0.1, -0.05) is 18.2 Å². The molecular formula is C20H15F4N3O3S. The molecule has 0 radical (unpaired) electrons. The summed E-state index contributed by atoms with van der Waals surface area (Å²) in [4.78, 5) is 19.1. The van der Waals surface area contributed by atoms with Gasteiger partial charge < -0.3 is 9.47 Å². The number of anilines is 1. The number of alkyl halides is 4. The van der Waals surface area contributed by atoms with E-state index in [9.17, 15) is 22.4 Å². The quantitative estimate of drug-likeness (QED) is 0.516. The predicted octanol–water partition coefficient (Wildman–Crippen LogP) is 4.96. The second-order valence-corrected chi connectivity index (χ2v) is 7.87. The number of amides is 2. The van der Waals surface area contributed by atoms with E-state index in [1.807, 2.05) is 6.07 Å². The lowest BCUT2D eigenvalue weighted by molar-refractivity contribution is -0.391. The second kappa shape index (κ2) is 7.41. The molecule has 2 aromatic carbocycles. The fourth-order valence-corrected chi connectivity index (χ4v) is 3.67. The third-order valence-electron chi connectivity index (χ3n) is 4.41. The Balaban J connectivity index is 1.72. The number of urea groups is 1. The second-order valence-electron chi connectivity index (χ2n) is 6.65. The van der Waals surface area contributed by atoms with Crippen LogP contribution < -0.4 is 19.2 Å². The summed E-state index contributed by atoms with van der Waals surface area (Å²) in [5.74, 6) is -1.07. The van der Waals surface area contributed by atoms with E-state index in [2.05, 4.69) is 14.5 Å². The molecule has 3 aromatic rings. The minimum Gasteiger partial charge on any atom is -0.421 e. The number of benzene rings is 2. The molecule has 11 heteroatoms. The lowest BCUT2D eigenvalue weighted by Gasteiger charge is -2.31. The van der Waals surface area contributed by atoms with Crippen molar-refractivity contribution >= 4 is 23.1 Å². The van der Waals surface area contributed by atoms with Crippen molar-refractivity contribution in [2.75, 3.05) is 11.9 Å². The number of ether oxygens (including phenoxy) is 2. The smallest absolute Gasteiger partial charge is 0.421 e. The Morgan fingerprint density at radius 2 is 1.68 bits per heavy atom. The van der Waals surface area contributed by atoms with Crippen molar-refractivity contribution in [1.82, 2.24) is 4.57 Å². The number of aryl methyl sites for hydroxylation is 1. The van der Waals surface area contributed by atoms with Crippen LogP contribution in [0.5, 0.6) is 11.5 Å². The summed E-state index contributed by atoms with van der Waals surface area (Å²) in [6.45, 7) is 1.78. The SMILES string of the molecule is Cc1cn(-c2ccc3c(c2)OC(F)(F)C(F)(F)O3)c(=NC(=O)N(C)c2ccccc2)s1.